The average molecular weight is 586 g/mol. The van der Waals surface area contributed by atoms with Gasteiger partial charge in [0.15, 0.2) is 0 Å². The van der Waals surface area contributed by atoms with E-state index in [1.807, 2.05) is 60.2 Å². The van der Waals surface area contributed by atoms with Crippen LogP contribution in [0.4, 0.5) is 5.69 Å². The van der Waals surface area contributed by atoms with Gasteiger partial charge >= 0.3 is 0 Å². The second-order valence-electron chi connectivity index (χ2n) is 12.4. The molecular weight excluding hydrogens is 534 g/mol. The number of carbonyl (C=O) groups excluding carboxylic acids is 2. The number of piperidine rings is 2. The van der Waals surface area contributed by atoms with E-state index >= 15 is 0 Å². The van der Waals surface area contributed by atoms with Gasteiger partial charge in [-0.05, 0) is 100 Å². The van der Waals surface area contributed by atoms with Crippen LogP contribution in [0.15, 0.2) is 61.0 Å². The number of aryl methyl sites for hydroxylation is 2. The number of nitrogens with zero attached hydrogens (tertiary/aromatic N) is 4. The molecule has 0 radical (unpaired) electrons. The molecule has 43 heavy (non-hydrogen) atoms. The number of anilines is 1. The van der Waals surface area contributed by atoms with Crippen molar-refractivity contribution in [2.45, 2.75) is 72.1 Å². The van der Waals surface area contributed by atoms with Crippen molar-refractivity contribution in [3.05, 3.63) is 77.7 Å². The summed E-state index contributed by atoms with van der Waals surface area (Å²) in [5.74, 6) is 0.507. The Kier molecular flexibility index (Phi) is 12.0. The number of benzene rings is 1. The van der Waals surface area contributed by atoms with Gasteiger partial charge in [0.1, 0.15) is 0 Å². The summed E-state index contributed by atoms with van der Waals surface area (Å²) in [5, 5.41) is 7.42. The first-order valence-corrected chi connectivity index (χ1v) is 16.2. The third-order valence-electron chi connectivity index (χ3n) is 9.20. The van der Waals surface area contributed by atoms with Crippen molar-refractivity contribution in [2.75, 3.05) is 38.0 Å². The second-order valence-corrected chi connectivity index (χ2v) is 12.4. The SMILES string of the molecule is C=C/C(=C\C=C(/C)c1cnn(C)c1)C1CCN(C(=O)c2ccc(C)c(NC(=O)C3CCN(CCCCCC)CC3)c2)CC1. The molecule has 7 nitrogen and oxygen atoms in total. The van der Waals surface area contributed by atoms with E-state index in [1.54, 1.807) is 0 Å². The highest BCUT2D eigenvalue weighted by atomic mass is 16.2. The van der Waals surface area contributed by atoms with Gasteiger partial charge in [-0.2, -0.15) is 5.10 Å². The topological polar surface area (TPSA) is 70.5 Å². The molecule has 3 heterocycles. The molecule has 2 saturated heterocycles. The molecule has 0 aliphatic carbocycles. The van der Waals surface area contributed by atoms with Crippen LogP contribution in [-0.4, -0.2) is 64.1 Å². The summed E-state index contributed by atoms with van der Waals surface area (Å²) in [4.78, 5) is 31.1. The third-order valence-corrected chi connectivity index (χ3v) is 9.20. The third kappa shape index (κ3) is 9.02. The van der Waals surface area contributed by atoms with Crippen LogP contribution in [0.1, 0.15) is 86.7 Å². The molecule has 0 saturated carbocycles. The minimum absolute atomic E-state index is 0.0276. The maximum atomic E-state index is 13.5. The van der Waals surface area contributed by atoms with Gasteiger partial charge in [0, 0.05) is 49.1 Å². The van der Waals surface area contributed by atoms with Crippen LogP contribution in [0.5, 0.6) is 0 Å². The maximum Gasteiger partial charge on any atom is 0.253 e. The van der Waals surface area contributed by atoms with E-state index in [0.717, 1.165) is 67.7 Å². The Bertz CT molecular complexity index is 1310. The van der Waals surface area contributed by atoms with E-state index in [9.17, 15) is 9.59 Å². The van der Waals surface area contributed by atoms with Crippen LogP contribution in [-0.2, 0) is 11.8 Å². The zero-order valence-corrected chi connectivity index (χ0v) is 26.8. The molecule has 2 aliphatic heterocycles. The molecule has 0 spiro atoms. The number of allylic oxidation sites excluding steroid dienone is 5. The molecule has 1 N–H and O–H groups in total. The van der Waals surface area contributed by atoms with Gasteiger partial charge in [0.25, 0.3) is 5.91 Å². The molecule has 0 unspecified atom stereocenters. The summed E-state index contributed by atoms with van der Waals surface area (Å²) >= 11 is 0. The van der Waals surface area contributed by atoms with E-state index in [2.05, 4.69) is 47.9 Å². The second kappa shape index (κ2) is 15.9. The molecule has 1 aromatic carbocycles. The Labute approximate surface area is 258 Å². The van der Waals surface area contributed by atoms with Crippen LogP contribution in [0.2, 0.25) is 0 Å². The molecule has 2 fully saturated rings. The molecule has 4 rings (SSSR count). The predicted molar refractivity (Wildman–Crippen MR) is 177 cm³/mol. The fourth-order valence-electron chi connectivity index (χ4n) is 6.22. The first kappa shape index (κ1) is 32.5. The average Bonchev–Trinajstić information content (AvgIpc) is 3.47. The predicted octanol–water partition coefficient (Wildman–Crippen LogP) is 7.03. The van der Waals surface area contributed by atoms with Crippen molar-refractivity contribution in [1.82, 2.24) is 19.6 Å². The van der Waals surface area contributed by atoms with Gasteiger partial charge < -0.3 is 15.1 Å². The van der Waals surface area contributed by atoms with E-state index < -0.39 is 0 Å². The number of nitrogens with one attached hydrogen (secondary N) is 1. The Morgan fingerprint density at radius 2 is 1.72 bits per heavy atom. The fourth-order valence-corrected chi connectivity index (χ4v) is 6.22. The Morgan fingerprint density at radius 1 is 1.00 bits per heavy atom. The molecule has 2 amide bonds. The van der Waals surface area contributed by atoms with Crippen molar-refractivity contribution in [2.24, 2.45) is 18.9 Å². The van der Waals surface area contributed by atoms with Gasteiger partial charge in [0.2, 0.25) is 5.91 Å². The molecule has 0 bridgehead atoms. The van der Waals surface area contributed by atoms with Crippen molar-refractivity contribution in [3.63, 3.8) is 0 Å². The number of hydrogen-bond acceptors (Lipinski definition) is 4. The Balaban J connectivity index is 1.29. The first-order valence-electron chi connectivity index (χ1n) is 16.2. The van der Waals surface area contributed by atoms with Crippen LogP contribution >= 0.6 is 0 Å². The van der Waals surface area contributed by atoms with Gasteiger partial charge in [-0.3, -0.25) is 14.3 Å². The number of unbranched alkanes of at least 4 members (excludes halogenated alkanes) is 3. The summed E-state index contributed by atoms with van der Waals surface area (Å²) in [7, 11) is 1.92. The quantitative estimate of drug-likeness (QED) is 0.215. The monoisotopic (exact) mass is 585 g/mol. The molecule has 0 atom stereocenters. The van der Waals surface area contributed by atoms with Crippen LogP contribution in [0.3, 0.4) is 0 Å². The normalized spacial score (nSPS) is 17.7. The van der Waals surface area contributed by atoms with E-state index in [-0.39, 0.29) is 17.7 Å². The molecule has 7 heteroatoms. The van der Waals surface area contributed by atoms with Gasteiger partial charge in [-0.15, -0.1) is 0 Å². The van der Waals surface area contributed by atoms with Crippen molar-refractivity contribution in [3.8, 4) is 0 Å². The number of hydrogen-bond donors (Lipinski definition) is 1. The highest BCUT2D eigenvalue weighted by molar-refractivity contribution is 5.98. The van der Waals surface area contributed by atoms with E-state index in [4.69, 9.17) is 0 Å². The molecule has 232 valence electrons. The smallest absolute Gasteiger partial charge is 0.253 e. The number of aromatic nitrogens is 2. The molecule has 2 aliphatic rings. The van der Waals surface area contributed by atoms with E-state index in [0.29, 0.717) is 24.6 Å². The summed E-state index contributed by atoms with van der Waals surface area (Å²) in [6.45, 7) is 14.9. The zero-order valence-electron chi connectivity index (χ0n) is 26.8. The minimum Gasteiger partial charge on any atom is -0.339 e. The highest BCUT2D eigenvalue weighted by Crippen LogP contribution is 2.28. The lowest BCUT2D eigenvalue weighted by atomic mass is 9.88. The molecule has 2 aromatic rings. The van der Waals surface area contributed by atoms with Crippen LogP contribution in [0, 0.1) is 18.8 Å². The van der Waals surface area contributed by atoms with Crippen molar-refractivity contribution in [1.29, 1.82) is 0 Å². The van der Waals surface area contributed by atoms with Gasteiger partial charge in [-0.25, -0.2) is 0 Å². The summed E-state index contributed by atoms with van der Waals surface area (Å²) < 4.78 is 1.81. The van der Waals surface area contributed by atoms with Crippen molar-refractivity contribution >= 4 is 23.1 Å². The molecular formula is C36H51N5O2. The largest absolute Gasteiger partial charge is 0.339 e. The first-order chi connectivity index (χ1) is 20.8. The lowest BCUT2D eigenvalue weighted by molar-refractivity contribution is -0.121. The number of amides is 2. The lowest BCUT2D eigenvalue weighted by Crippen LogP contribution is -2.39. The minimum atomic E-state index is 0.0276. The van der Waals surface area contributed by atoms with Crippen LogP contribution in [0.25, 0.3) is 5.57 Å². The number of rotatable bonds is 12. The standard InChI is InChI=1S/C36H51N5O2/c1-6-8-9-10-19-40-20-15-31(16-21-40)35(42)38-34-24-32(14-12-28(34)4)36(43)41-22-17-30(18-23-41)29(7-2)13-11-27(3)33-25-37-39(5)26-33/h7,11-14,24-26,30-31H,2,6,8-10,15-23H2,1,3-5H3,(H,38,42)/b27-11+,29-13+. The summed E-state index contributed by atoms with van der Waals surface area (Å²) in [5.41, 5.74) is 5.84. The molecule has 1 aromatic heterocycles. The summed E-state index contributed by atoms with van der Waals surface area (Å²) in [6.07, 6.45) is 18.8. The maximum absolute atomic E-state index is 13.5. The zero-order chi connectivity index (χ0) is 30.8. The van der Waals surface area contributed by atoms with Gasteiger partial charge in [0.05, 0.1) is 6.20 Å². The van der Waals surface area contributed by atoms with Gasteiger partial charge in [-0.1, -0.05) is 57.1 Å². The van der Waals surface area contributed by atoms with E-state index in [1.165, 1.54) is 31.3 Å². The number of carbonyl (C=O) groups is 2. The fraction of sp³-hybridized carbons (Fsp3) is 0.528. The number of likely N-dealkylation sites (tertiary alicyclic amines) is 2. The Hall–Kier alpha value is -3.45. The van der Waals surface area contributed by atoms with Crippen LogP contribution < -0.4 is 5.32 Å². The summed E-state index contributed by atoms with van der Waals surface area (Å²) in [6, 6.07) is 5.70. The van der Waals surface area contributed by atoms with Crippen molar-refractivity contribution < 1.29 is 9.59 Å². The lowest BCUT2D eigenvalue weighted by Gasteiger charge is -2.33. The Morgan fingerprint density at radius 3 is 2.37 bits per heavy atom. The highest BCUT2D eigenvalue weighted by Gasteiger charge is 2.27.